The van der Waals surface area contributed by atoms with Gasteiger partial charge in [0.05, 0.1) is 12.1 Å². The van der Waals surface area contributed by atoms with Gasteiger partial charge in [-0.2, -0.15) is 0 Å². The number of rotatable bonds is 5. The summed E-state index contributed by atoms with van der Waals surface area (Å²) in [6.45, 7) is 2.16. The third kappa shape index (κ3) is 3.58. The smallest absolute Gasteiger partial charge is 0.405 e. The highest BCUT2D eigenvalue weighted by Crippen LogP contribution is 2.35. The van der Waals surface area contributed by atoms with E-state index in [1.54, 1.807) is 24.3 Å². The molecule has 0 aliphatic heterocycles. The number of halogens is 3. The van der Waals surface area contributed by atoms with Gasteiger partial charge in [-0.05, 0) is 36.2 Å². The Bertz CT molecular complexity index is 1260. The predicted octanol–water partition coefficient (Wildman–Crippen LogP) is 5.40. The second kappa shape index (κ2) is 7.40. The third-order valence-corrected chi connectivity index (χ3v) is 5.16. The summed E-state index contributed by atoms with van der Waals surface area (Å²) < 4.78 is 44.7. The number of amides is 1. The summed E-state index contributed by atoms with van der Waals surface area (Å²) in [5.74, 6) is -0.808. The van der Waals surface area contributed by atoms with Crippen LogP contribution in [0.3, 0.4) is 0 Å². The number of hydrogen-bond acceptors (Lipinski definition) is 2. The van der Waals surface area contributed by atoms with Gasteiger partial charge in [0, 0.05) is 27.4 Å². The minimum Gasteiger partial charge on any atom is -0.405 e. The molecule has 2 N–H and O–H groups in total. The predicted molar refractivity (Wildman–Crippen MR) is 110 cm³/mol. The van der Waals surface area contributed by atoms with Crippen molar-refractivity contribution in [2.24, 2.45) is 5.73 Å². The number of aromatic nitrogens is 1. The molecule has 1 aromatic heterocycles. The summed E-state index contributed by atoms with van der Waals surface area (Å²) in [4.78, 5) is 12.0. The highest BCUT2D eigenvalue weighted by Gasteiger charge is 2.32. The Morgan fingerprint density at radius 1 is 1.03 bits per heavy atom. The lowest BCUT2D eigenvalue weighted by Crippen LogP contribution is -2.18. The maximum absolute atomic E-state index is 12.9. The lowest BCUT2D eigenvalue weighted by Gasteiger charge is -2.15. The van der Waals surface area contributed by atoms with Gasteiger partial charge < -0.3 is 15.0 Å². The molecule has 4 aromatic rings. The van der Waals surface area contributed by atoms with Gasteiger partial charge in [0.1, 0.15) is 5.75 Å². The summed E-state index contributed by atoms with van der Waals surface area (Å²) in [7, 11) is 0. The van der Waals surface area contributed by atoms with Gasteiger partial charge in [-0.3, -0.25) is 4.79 Å². The number of benzene rings is 3. The van der Waals surface area contributed by atoms with Crippen molar-refractivity contribution < 1.29 is 22.7 Å². The average Bonchev–Trinajstić information content (AvgIpc) is 3.01. The Labute approximate surface area is 170 Å². The highest BCUT2D eigenvalue weighted by atomic mass is 19.4. The molecule has 0 radical (unpaired) electrons. The highest BCUT2D eigenvalue weighted by molar-refractivity contribution is 6.18. The number of para-hydroxylation sites is 1. The van der Waals surface area contributed by atoms with Crippen LogP contribution in [0.2, 0.25) is 0 Å². The molecule has 0 aliphatic carbocycles. The van der Waals surface area contributed by atoms with Crippen molar-refractivity contribution in [3.63, 3.8) is 0 Å². The molecular weight excluding hydrogens is 393 g/mol. The van der Waals surface area contributed by atoms with Crippen molar-refractivity contribution in [1.82, 2.24) is 4.57 Å². The topological polar surface area (TPSA) is 57.2 Å². The standard InChI is InChI=1S/C23H19F3N2O2/c1-2-14-10-11-16-19(12-14)28(18-8-5-7-17(21(16)18)22(27)29)13-15-6-3-4-9-20(15)30-23(24,25)26/h3-12H,2,13H2,1H3,(H2,27,29). The van der Waals surface area contributed by atoms with Crippen molar-refractivity contribution in [2.45, 2.75) is 26.3 Å². The first-order valence-corrected chi connectivity index (χ1v) is 9.46. The summed E-state index contributed by atoms with van der Waals surface area (Å²) in [6, 6.07) is 17.2. The third-order valence-electron chi connectivity index (χ3n) is 5.16. The Hall–Kier alpha value is -3.48. The average molecular weight is 412 g/mol. The first-order chi connectivity index (χ1) is 14.3. The number of hydrogen-bond donors (Lipinski definition) is 1. The van der Waals surface area contributed by atoms with E-state index < -0.39 is 12.3 Å². The number of primary amides is 1. The van der Waals surface area contributed by atoms with Crippen LogP contribution < -0.4 is 10.5 Å². The van der Waals surface area contributed by atoms with Gasteiger partial charge >= 0.3 is 6.36 Å². The SMILES string of the molecule is CCc1ccc2c3c(C(N)=O)cccc3n(Cc3ccccc3OC(F)(F)F)c2c1. The van der Waals surface area contributed by atoms with Crippen LogP contribution in [0.5, 0.6) is 5.75 Å². The van der Waals surface area contributed by atoms with Crippen LogP contribution in [-0.2, 0) is 13.0 Å². The maximum atomic E-state index is 12.9. The zero-order valence-corrected chi connectivity index (χ0v) is 16.2. The van der Waals surface area contributed by atoms with Crippen LogP contribution in [0.4, 0.5) is 13.2 Å². The molecule has 7 heteroatoms. The van der Waals surface area contributed by atoms with Crippen LogP contribution in [0.15, 0.2) is 60.7 Å². The first-order valence-electron chi connectivity index (χ1n) is 9.46. The van der Waals surface area contributed by atoms with E-state index in [9.17, 15) is 18.0 Å². The normalized spacial score (nSPS) is 11.9. The lowest BCUT2D eigenvalue weighted by atomic mass is 10.0. The second-order valence-corrected chi connectivity index (χ2v) is 7.01. The van der Waals surface area contributed by atoms with E-state index in [2.05, 4.69) is 4.74 Å². The van der Waals surface area contributed by atoms with Gasteiger partial charge in [0.2, 0.25) is 5.91 Å². The van der Waals surface area contributed by atoms with Gasteiger partial charge in [-0.25, -0.2) is 0 Å². The van der Waals surface area contributed by atoms with E-state index in [4.69, 9.17) is 5.73 Å². The quantitative estimate of drug-likeness (QED) is 0.477. The molecule has 0 fully saturated rings. The van der Waals surface area contributed by atoms with Gasteiger partial charge in [0.15, 0.2) is 0 Å². The molecule has 154 valence electrons. The number of fused-ring (bicyclic) bond motifs is 3. The maximum Gasteiger partial charge on any atom is 0.573 e. The number of carbonyl (C=O) groups is 1. The lowest BCUT2D eigenvalue weighted by molar-refractivity contribution is -0.274. The number of nitrogens with two attached hydrogens (primary N) is 1. The fourth-order valence-electron chi connectivity index (χ4n) is 3.81. The van der Waals surface area contributed by atoms with Crippen LogP contribution >= 0.6 is 0 Å². The number of alkyl halides is 3. The molecule has 0 spiro atoms. The summed E-state index contributed by atoms with van der Waals surface area (Å²) in [5.41, 5.74) is 8.95. The Morgan fingerprint density at radius 3 is 2.50 bits per heavy atom. The van der Waals surface area contributed by atoms with E-state index >= 15 is 0 Å². The molecule has 4 nitrogen and oxygen atoms in total. The van der Waals surface area contributed by atoms with Crippen molar-refractivity contribution in [2.75, 3.05) is 0 Å². The van der Waals surface area contributed by atoms with Gasteiger partial charge in [-0.15, -0.1) is 13.2 Å². The van der Waals surface area contributed by atoms with Crippen LogP contribution in [0.1, 0.15) is 28.4 Å². The molecule has 0 bridgehead atoms. The summed E-state index contributed by atoms with van der Waals surface area (Å²) in [5, 5.41) is 1.52. The van der Waals surface area contributed by atoms with Crippen molar-refractivity contribution >= 4 is 27.7 Å². The van der Waals surface area contributed by atoms with Crippen molar-refractivity contribution in [3.05, 3.63) is 77.4 Å². The van der Waals surface area contributed by atoms with E-state index in [0.29, 0.717) is 16.5 Å². The first kappa shape index (κ1) is 19.8. The zero-order valence-electron chi connectivity index (χ0n) is 16.2. The monoisotopic (exact) mass is 412 g/mol. The Balaban J connectivity index is 1.97. The van der Waals surface area contributed by atoms with Gasteiger partial charge in [-0.1, -0.05) is 43.3 Å². The fourth-order valence-corrected chi connectivity index (χ4v) is 3.81. The molecule has 0 atom stereocenters. The molecule has 4 rings (SSSR count). The van der Waals surface area contributed by atoms with Gasteiger partial charge in [0.25, 0.3) is 0 Å². The molecule has 0 saturated heterocycles. The minimum absolute atomic E-state index is 0.141. The molecule has 0 saturated carbocycles. The Morgan fingerprint density at radius 2 is 1.80 bits per heavy atom. The number of aryl methyl sites for hydroxylation is 1. The summed E-state index contributed by atoms with van der Waals surface area (Å²) in [6.07, 6.45) is -3.99. The Kier molecular flexibility index (Phi) is 4.89. The van der Waals surface area contributed by atoms with Crippen LogP contribution in [0, 0.1) is 0 Å². The van der Waals surface area contributed by atoms with E-state index in [-0.39, 0.29) is 12.3 Å². The van der Waals surface area contributed by atoms with E-state index in [1.807, 2.05) is 35.8 Å². The van der Waals surface area contributed by atoms with E-state index in [0.717, 1.165) is 28.4 Å². The van der Waals surface area contributed by atoms with Crippen LogP contribution in [-0.4, -0.2) is 16.8 Å². The van der Waals surface area contributed by atoms with Crippen molar-refractivity contribution in [3.8, 4) is 5.75 Å². The number of nitrogens with zero attached hydrogens (tertiary/aromatic N) is 1. The molecule has 0 unspecified atom stereocenters. The zero-order chi connectivity index (χ0) is 21.5. The largest absolute Gasteiger partial charge is 0.573 e. The summed E-state index contributed by atoms with van der Waals surface area (Å²) >= 11 is 0. The molecule has 30 heavy (non-hydrogen) atoms. The van der Waals surface area contributed by atoms with E-state index in [1.165, 1.54) is 12.1 Å². The minimum atomic E-state index is -4.79. The molecule has 1 heterocycles. The molecule has 1 amide bonds. The van der Waals surface area contributed by atoms with Crippen LogP contribution in [0.25, 0.3) is 21.8 Å². The van der Waals surface area contributed by atoms with Crippen molar-refractivity contribution in [1.29, 1.82) is 0 Å². The molecule has 0 aliphatic rings. The number of carbonyl (C=O) groups excluding carboxylic acids is 1. The molecular formula is C23H19F3N2O2. The molecule has 3 aromatic carbocycles. The number of ether oxygens (including phenoxy) is 1. The fraction of sp³-hybridized carbons (Fsp3) is 0.174. The second-order valence-electron chi connectivity index (χ2n) is 7.01.